The maximum Gasteiger partial charge on any atom is 0.333 e. The summed E-state index contributed by atoms with van der Waals surface area (Å²) in [5.74, 6) is 0. The van der Waals surface area contributed by atoms with Gasteiger partial charge in [-0.25, -0.2) is 5.14 Å². The second kappa shape index (κ2) is 3.48. The number of hydrogen-bond donors (Lipinski definition) is 1. The Kier molecular flexibility index (Phi) is 3.43. The highest BCUT2D eigenvalue weighted by Crippen LogP contribution is 1.90. The Hall–Kier alpha value is -0.170. The summed E-state index contributed by atoms with van der Waals surface area (Å²) < 4.78 is 25.5. The van der Waals surface area contributed by atoms with E-state index in [4.69, 9.17) is 0 Å². The second-order valence-corrected chi connectivity index (χ2v) is 4.55. The fraction of sp³-hybridized carbons (Fsp3) is 1.00. The summed E-state index contributed by atoms with van der Waals surface area (Å²) in [6, 6.07) is 0. The molecule has 0 radical (unpaired) electrons. The van der Waals surface area contributed by atoms with Gasteiger partial charge in [0.15, 0.2) is 0 Å². The van der Waals surface area contributed by atoms with E-state index in [-0.39, 0.29) is 6.61 Å². The summed E-state index contributed by atoms with van der Waals surface area (Å²) in [5.41, 5.74) is 0. The highest BCUT2D eigenvalue weighted by molar-refractivity contribution is 7.84. The van der Waals surface area contributed by atoms with Crippen LogP contribution in [0.1, 0.15) is 0 Å². The minimum atomic E-state index is -3.76. The SMILES string of the molecule is C[N+](C)(C)CCOS(N)(=O)=O. The Morgan fingerprint density at radius 2 is 1.82 bits per heavy atom. The molecule has 0 aromatic carbocycles. The summed E-state index contributed by atoms with van der Waals surface area (Å²) in [5, 5.41) is 4.61. The molecular weight excluding hydrogens is 168 g/mol. The van der Waals surface area contributed by atoms with Crippen molar-refractivity contribution in [3.8, 4) is 0 Å². The van der Waals surface area contributed by atoms with Crippen molar-refractivity contribution in [1.82, 2.24) is 0 Å². The number of quaternary nitrogens is 1. The minimum Gasteiger partial charge on any atom is -0.329 e. The lowest BCUT2D eigenvalue weighted by Gasteiger charge is -2.22. The fourth-order valence-corrected chi connectivity index (χ4v) is 0.734. The summed E-state index contributed by atoms with van der Waals surface area (Å²) in [6.07, 6.45) is 0. The van der Waals surface area contributed by atoms with Gasteiger partial charge in [-0.3, -0.25) is 4.18 Å². The van der Waals surface area contributed by atoms with Crippen molar-refractivity contribution >= 4 is 10.3 Å². The molecule has 0 aliphatic heterocycles. The van der Waals surface area contributed by atoms with Crippen LogP contribution in [0.15, 0.2) is 0 Å². The van der Waals surface area contributed by atoms with Crippen LogP contribution in [0, 0.1) is 0 Å². The molecule has 0 atom stereocenters. The van der Waals surface area contributed by atoms with Crippen LogP contribution in [0.4, 0.5) is 0 Å². The molecule has 0 aliphatic carbocycles. The average Bonchev–Trinajstić information content (AvgIpc) is 1.55. The van der Waals surface area contributed by atoms with Gasteiger partial charge in [0.2, 0.25) is 0 Å². The number of rotatable bonds is 4. The normalized spacial score (nSPS) is 13.5. The number of likely N-dealkylation sites (N-methyl/N-ethyl adjacent to an activating group) is 1. The molecular formula is C5H15N2O3S+. The van der Waals surface area contributed by atoms with E-state index in [9.17, 15) is 8.42 Å². The first-order chi connectivity index (χ1) is 4.71. The third kappa shape index (κ3) is 9.83. The van der Waals surface area contributed by atoms with Crippen LogP contribution in [-0.2, 0) is 14.5 Å². The fourth-order valence-electron chi connectivity index (χ4n) is 0.427. The molecule has 0 rings (SSSR count). The third-order valence-electron chi connectivity index (χ3n) is 1.01. The maximum absolute atomic E-state index is 10.3. The molecule has 0 heterocycles. The van der Waals surface area contributed by atoms with Crippen molar-refractivity contribution in [2.24, 2.45) is 5.14 Å². The summed E-state index contributed by atoms with van der Waals surface area (Å²) in [7, 11) is 2.05. The largest absolute Gasteiger partial charge is 0.333 e. The van der Waals surface area contributed by atoms with E-state index in [0.717, 1.165) is 0 Å². The number of nitrogens with zero attached hydrogens (tertiary/aromatic N) is 1. The van der Waals surface area contributed by atoms with Crippen LogP contribution < -0.4 is 5.14 Å². The van der Waals surface area contributed by atoms with E-state index in [1.54, 1.807) is 0 Å². The molecule has 0 aliphatic rings. The average molecular weight is 183 g/mol. The van der Waals surface area contributed by atoms with Gasteiger partial charge in [0.1, 0.15) is 13.2 Å². The Labute approximate surface area is 67.6 Å². The van der Waals surface area contributed by atoms with Gasteiger partial charge in [-0.2, -0.15) is 8.42 Å². The lowest BCUT2D eigenvalue weighted by molar-refractivity contribution is -0.870. The zero-order chi connectivity index (χ0) is 9.12. The van der Waals surface area contributed by atoms with Gasteiger partial charge in [-0.05, 0) is 0 Å². The minimum absolute atomic E-state index is 0.127. The van der Waals surface area contributed by atoms with Crippen LogP contribution >= 0.6 is 0 Å². The molecule has 0 saturated heterocycles. The Morgan fingerprint density at radius 1 is 1.36 bits per heavy atom. The predicted molar refractivity (Wildman–Crippen MR) is 42.0 cm³/mol. The van der Waals surface area contributed by atoms with E-state index >= 15 is 0 Å². The lowest BCUT2D eigenvalue weighted by Crippen LogP contribution is -2.38. The summed E-state index contributed by atoms with van der Waals surface area (Å²) in [6.45, 7) is 0.735. The monoisotopic (exact) mass is 183 g/mol. The smallest absolute Gasteiger partial charge is 0.329 e. The van der Waals surface area contributed by atoms with Crippen molar-refractivity contribution in [2.45, 2.75) is 0 Å². The molecule has 11 heavy (non-hydrogen) atoms. The molecule has 6 heteroatoms. The second-order valence-electron chi connectivity index (χ2n) is 3.33. The van der Waals surface area contributed by atoms with Gasteiger partial charge in [-0.1, -0.05) is 0 Å². The topological polar surface area (TPSA) is 69.4 Å². The molecule has 0 saturated carbocycles. The Morgan fingerprint density at radius 3 is 2.09 bits per heavy atom. The lowest BCUT2D eigenvalue weighted by atomic mass is 10.5. The van der Waals surface area contributed by atoms with Crippen LogP contribution in [0.3, 0.4) is 0 Å². The highest BCUT2D eigenvalue weighted by atomic mass is 32.2. The first kappa shape index (κ1) is 10.8. The van der Waals surface area contributed by atoms with Crippen LogP contribution in [0.5, 0.6) is 0 Å². The third-order valence-corrected chi connectivity index (χ3v) is 1.50. The zero-order valence-electron chi connectivity index (χ0n) is 7.07. The molecule has 68 valence electrons. The van der Waals surface area contributed by atoms with Crippen LogP contribution in [0.2, 0.25) is 0 Å². The zero-order valence-corrected chi connectivity index (χ0v) is 7.89. The Balaban J connectivity index is 3.61. The van der Waals surface area contributed by atoms with Gasteiger partial charge >= 0.3 is 10.3 Å². The van der Waals surface area contributed by atoms with E-state index in [1.807, 2.05) is 21.1 Å². The Bertz CT molecular complexity index is 204. The van der Waals surface area contributed by atoms with Gasteiger partial charge in [0.25, 0.3) is 0 Å². The molecule has 0 bridgehead atoms. The molecule has 0 unspecified atom stereocenters. The molecule has 2 N–H and O–H groups in total. The number of hydrogen-bond acceptors (Lipinski definition) is 3. The van der Waals surface area contributed by atoms with Crippen LogP contribution in [0.25, 0.3) is 0 Å². The predicted octanol–water partition coefficient (Wildman–Crippen LogP) is -1.09. The molecule has 0 amide bonds. The first-order valence-electron chi connectivity index (χ1n) is 3.18. The van der Waals surface area contributed by atoms with Crippen molar-refractivity contribution in [3.05, 3.63) is 0 Å². The van der Waals surface area contributed by atoms with Gasteiger partial charge in [0, 0.05) is 0 Å². The van der Waals surface area contributed by atoms with Crippen molar-refractivity contribution < 1.29 is 17.1 Å². The maximum atomic E-state index is 10.3. The summed E-state index contributed by atoms with van der Waals surface area (Å²) in [4.78, 5) is 0. The summed E-state index contributed by atoms with van der Waals surface area (Å²) >= 11 is 0. The molecule has 0 fully saturated rings. The standard InChI is InChI=1S/C5H15N2O3S/c1-7(2,3)4-5-10-11(6,8)9/h4-5H2,1-3H3,(H2,6,8,9)/q+1. The quantitative estimate of drug-likeness (QED) is 0.563. The highest BCUT2D eigenvalue weighted by Gasteiger charge is 2.09. The van der Waals surface area contributed by atoms with Crippen LogP contribution in [-0.4, -0.2) is 47.2 Å². The van der Waals surface area contributed by atoms with E-state index in [0.29, 0.717) is 11.0 Å². The molecule has 0 spiro atoms. The van der Waals surface area contributed by atoms with Crippen molar-refractivity contribution in [2.75, 3.05) is 34.3 Å². The molecule has 5 nitrogen and oxygen atoms in total. The van der Waals surface area contributed by atoms with Crippen molar-refractivity contribution in [1.29, 1.82) is 0 Å². The first-order valence-corrected chi connectivity index (χ1v) is 4.65. The van der Waals surface area contributed by atoms with E-state index in [2.05, 4.69) is 9.32 Å². The van der Waals surface area contributed by atoms with Gasteiger partial charge in [-0.15, -0.1) is 0 Å². The van der Waals surface area contributed by atoms with Crippen molar-refractivity contribution in [3.63, 3.8) is 0 Å². The van der Waals surface area contributed by atoms with E-state index in [1.165, 1.54) is 0 Å². The molecule has 0 aromatic heterocycles. The number of nitrogens with two attached hydrogens (primary N) is 1. The van der Waals surface area contributed by atoms with E-state index < -0.39 is 10.3 Å². The van der Waals surface area contributed by atoms with Gasteiger partial charge < -0.3 is 4.48 Å². The molecule has 0 aromatic rings. The van der Waals surface area contributed by atoms with Gasteiger partial charge in [0.05, 0.1) is 21.1 Å².